The molecule has 0 heterocycles. The van der Waals surface area contributed by atoms with E-state index in [4.69, 9.17) is 11.5 Å². The first-order chi connectivity index (χ1) is 19.9. The van der Waals surface area contributed by atoms with Gasteiger partial charge in [-0.1, -0.05) is 24.3 Å². The maximum atomic E-state index is 13.5. The monoisotopic (exact) mass is 603 g/mol. The van der Waals surface area contributed by atoms with E-state index in [0.717, 1.165) is 0 Å². The maximum absolute atomic E-state index is 13.5. The lowest BCUT2D eigenvalue weighted by molar-refractivity contribution is -0.142. The summed E-state index contributed by atoms with van der Waals surface area (Å²) in [6.45, 7) is 0. The number of primary amides is 1. The fourth-order valence-corrected chi connectivity index (χ4v) is 4.40. The number of phenolic OH excluding ortho intramolecular Hbond substituents is 2. The number of phenols is 2. The van der Waals surface area contributed by atoms with E-state index in [9.17, 15) is 39.3 Å². The zero-order valence-corrected chi connectivity index (χ0v) is 23.9. The van der Waals surface area contributed by atoms with Gasteiger partial charge >= 0.3 is 5.97 Å². The smallest absolute Gasteiger partial charge is 0.326 e. The molecule has 0 aromatic heterocycles. The highest BCUT2D eigenvalue weighted by atomic mass is 32.2. The SMILES string of the molecule is CSCCC(NC(=O)C(Cc1ccc(O)cc1)NC(=O)C(N)Cc1ccc(O)cc1)C(=O)NC(CCC(N)=O)C(=O)O. The Bertz CT molecular complexity index is 1230. The van der Waals surface area contributed by atoms with Crippen LogP contribution in [0, 0.1) is 0 Å². The molecule has 0 bridgehead atoms. The average molecular weight is 604 g/mol. The van der Waals surface area contributed by atoms with Crippen molar-refractivity contribution in [1.82, 2.24) is 16.0 Å². The zero-order chi connectivity index (χ0) is 31.2. The van der Waals surface area contributed by atoms with E-state index in [1.165, 1.54) is 36.0 Å². The van der Waals surface area contributed by atoms with Crippen molar-refractivity contribution < 1.29 is 39.3 Å². The molecule has 2 rings (SSSR count). The van der Waals surface area contributed by atoms with Gasteiger partial charge in [0.2, 0.25) is 23.6 Å². The number of nitrogens with two attached hydrogens (primary N) is 2. The molecule has 4 amide bonds. The second-order valence-corrected chi connectivity index (χ2v) is 10.6. The van der Waals surface area contributed by atoms with Crippen molar-refractivity contribution in [2.75, 3.05) is 12.0 Å². The van der Waals surface area contributed by atoms with Crippen molar-refractivity contribution >= 4 is 41.4 Å². The molecule has 0 aliphatic carbocycles. The van der Waals surface area contributed by atoms with Crippen LogP contribution in [0.25, 0.3) is 0 Å². The first-order valence-electron chi connectivity index (χ1n) is 13.1. The van der Waals surface area contributed by atoms with E-state index in [0.29, 0.717) is 16.9 Å². The standard InChI is InChI=1S/C28H37N5O8S/c1-42-13-12-21(26(38)32-22(28(40)41)10-11-24(30)36)31-27(39)23(15-17-4-8-19(35)9-5-17)33-25(37)20(29)14-16-2-6-18(34)7-3-16/h2-9,20-23,34-35H,10-15,29H2,1H3,(H2,30,36)(H,31,39)(H,32,38)(H,33,37)(H,40,41). The van der Waals surface area contributed by atoms with Crippen molar-refractivity contribution in [3.05, 3.63) is 59.7 Å². The molecule has 228 valence electrons. The van der Waals surface area contributed by atoms with Gasteiger partial charge in [-0.05, 0) is 66.7 Å². The van der Waals surface area contributed by atoms with Crippen LogP contribution in [-0.4, -0.2) is 81.1 Å². The lowest BCUT2D eigenvalue weighted by Gasteiger charge is -2.25. The number of thioether (sulfide) groups is 1. The summed E-state index contributed by atoms with van der Waals surface area (Å²) in [5.41, 5.74) is 12.5. The number of carbonyl (C=O) groups excluding carboxylic acids is 4. The molecular weight excluding hydrogens is 566 g/mol. The first kappa shape index (κ1) is 33.9. The Balaban J connectivity index is 2.22. The van der Waals surface area contributed by atoms with Crippen LogP contribution in [-0.2, 0) is 36.8 Å². The van der Waals surface area contributed by atoms with Gasteiger partial charge in [0.1, 0.15) is 29.6 Å². The molecule has 0 radical (unpaired) electrons. The fraction of sp³-hybridized carbons (Fsp3) is 0.393. The summed E-state index contributed by atoms with van der Waals surface area (Å²) >= 11 is 1.41. The van der Waals surface area contributed by atoms with Crippen molar-refractivity contribution in [2.45, 2.75) is 56.3 Å². The normalized spacial score (nSPS) is 13.7. The van der Waals surface area contributed by atoms with E-state index in [1.807, 2.05) is 0 Å². The summed E-state index contributed by atoms with van der Waals surface area (Å²) in [5.74, 6) is -3.68. The number of hydrogen-bond acceptors (Lipinski definition) is 9. The molecule has 13 nitrogen and oxygen atoms in total. The molecular formula is C28H37N5O8S. The molecule has 4 atom stereocenters. The molecule has 0 aliphatic heterocycles. The topological polar surface area (TPSA) is 234 Å². The quantitative estimate of drug-likeness (QED) is 0.118. The number of carboxylic acid groups (broad SMARTS) is 1. The van der Waals surface area contributed by atoms with Crippen LogP contribution in [0.3, 0.4) is 0 Å². The third-order valence-corrected chi connectivity index (χ3v) is 6.92. The molecule has 14 heteroatoms. The Morgan fingerprint density at radius 3 is 1.71 bits per heavy atom. The second-order valence-electron chi connectivity index (χ2n) is 9.66. The van der Waals surface area contributed by atoms with Gasteiger partial charge in [-0.15, -0.1) is 0 Å². The third kappa shape index (κ3) is 11.7. The number of hydrogen-bond donors (Lipinski definition) is 8. The molecule has 2 aromatic carbocycles. The molecule has 0 fully saturated rings. The van der Waals surface area contributed by atoms with E-state index in [1.54, 1.807) is 30.5 Å². The number of rotatable bonds is 17. The summed E-state index contributed by atoms with van der Waals surface area (Å²) in [6.07, 6.45) is 1.59. The highest BCUT2D eigenvalue weighted by Gasteiger charge is 2.30. The molecule has 42 heavy (non-hydrogen) atoms. The summed E-state index contributed by atoms with van der Waals surface area (Å²) < 4.78 is 0. The number of benzene rings is 2. The van der Waals surface area contributed by atoms with Crippen molar-refractivity contribution in [3.8, 4) is 11.5 Å². The van der Waals surface area contributed by atoms with Gasteiger partial charge in [-0.2, -0.15) is 11.8 Å². The minimum Gasteiger partial charge on any atom is -0.508 e. The second kappa shape index (κ2) is 16.8. The number of carbonyl (C=O) groups is 5. The fourth-order valence-electron chi connectivity index (χ4n) is 3.93. The van der Waals surface area contributed by atoms with Crippen LogP contribution in [0.4, 0.5) is 0 Å². The molecule has 2 aromatic rings. The molecule has 0 aliphatic rings. The molecule has 0 saturated carbocycles. The van der Waals surface area contributed by atoms with E-state index < -0.39 is 53.8 Å². The van der Waals surface area contributed by atoms with Crippen LogP contribution < -0.4 is 27.4 Å². The number of carboxylic acids is 1. The van der Waals surface area contributed by atoms with Gasteiger partial charge in [-0.3, -0.25) is 19.2 Å². The van der Waals surface area contributed by atoms with Crippen LogP contribution in [0.15, 0.2) is 48.5 Å². The Labute approximate surface area is 247 Å². The average Bonchev–Trinajstić information content (AvgIpc) is 2.94. The number of aromatic hydroxyl groups is 2. The van der Waals surface area contributed by atoms with Crippen LogP contribution >= 0.6 is 11.8 Å². The van der Waals surface area contributed by atoms with Gasteiger partial charge in [0, 0.05) is 12.8 Å². The van der Waals surface area contributed by atoms with Gasteiger partial charge in [0.05, 0.1) is 6.04 Å². The van der Waals surface area contributed by atoms with Gasteiger partial charge in [0.25, 0.3) is 0 Å². The molecule has 10 N–H and O–H groups in total. The minimum atomic E-state index is -1.40. The number of amides is 4. The Morgan fingerprint density at radius 2 is 1.21 bits per heavy atom. The number of aliphatic carboxylic acids is 1. The lowest BCUT2D eigenvalue weighted by Crippen LogP contribution is -2.58. The Kier molecular flexibility index (Phi) is 13.6. The van der Waals surface area contributed by atoms with Crippen LogP contribution in [0.5, 0.6) is 11.5 Å². The largest absolute Gasteiger partial charge is 0.508 e. The highest BCUT2D eigenvalue weighted by molar-refractivity contribution is 7.98. The Hall–Kier alpha value is -4.30. The first-order valence-corrected chi connectivity index (χ1v) is 14.5. The van der Waals surface area contributed by atoms with Crippen LogP contribution in [0.1, 0.15) is 30.4 Å². The van der Waals surface area contributed by atoms with Crippen molar-refractivity contribution in [1.29, 1.82) is 0 Å². The molecule has 0 spiro atoms. The molecule has 4 unspecified atom stereocenters. The van der Waals surface area contributed by atoms with E-state index >= 15 is 0 Å². The van der Waals surface area contributed by atoms with E-state index in [-0.39, 0.29) is 43.6 Å². The summed E-state index contributed by atoms with van der Waals surface area (Å²) in [4.78, 5) is 62.3. The van der Waals surface area contributed by atoms with Crippen LogP contribution in [0.2, 0.25) is 0 Å². The summed E-state index contributed by atoms with van der Waals surface area (Å²) in [5, 5.41) is 36.2. The zero-order valence-electron chi connectivity index (χ0n) is 23.1. The van der Waals surface area contributed by atoms with Gasteiger partial charge in [-0.25, -0.2) is 4.79 Å². The van der Waals surface area contributed by atoms with E-state index in [2.05, 4.69) is 16.0 Å². The summed E-state index contributed by atoms with van der Waals surface area (Å²) in [7, 11) is 0. The predicted molar refractivity (Wildman–Crippen MR) is 156 cm³/mol. The lowest BCUT2D eigenvalue weighted by atomic mass is 10.0. The maximum Gasteiger partial charge on any atom is 0.326 e. The van der Waals surface area contributed by atoms with Gasteiger partial charge < -0.3 is 42.7 Å². The number of nitrogens with one attached hydrogen (secondary N) is 3. The minimum absolute atomic E-state index is 0.00296. The predicted octanol–water partition coefficient (Wildman–Crippen LogP) is -0.232. The third-order valence-electron chi connectivity index (χ3n) is 6.28. The highest BCUT2D eigenvalue weighted by Crippen LogP contribution is 2.14. The molecule has 0 saturated heterocycles. The summed E-state index contributed by atoms with van der Waals surface area (Å²) in [6, 6.07) is 7.40. The van der Waals surface area contributed by atoms with Crippen molar-refractivity contribution in [3.63, 3.8) is 0 Å². The van der Waals surface area contributed by atoms with Crippen molar-refractivity contribution in [2.24, 2.45) is 11.5 Å². The Morgan fingerprint density at radius 1 is 0.738 bits per heavy atom. The van der Waals surface area contributed by atoms with Gasteiger partial charge in [0.15, 0.2) is 0 Å².